The van der Waals surface area contributed by atoms with Crippen LogP contribution in [0.2, 0.25) is 0 Å². The second-order valence-corrected chi connectivity index (χ2v) is 6.78. The number of carbonyl (C=O) groups is 2. The molecule has 0 bridgehead atoms. The van der Waals surface area contributed by atoms with E-state index in [-0.39, 0.29) is 29.2 Å². The van der Waals surface area contributed by atoms with E-state index in [0.717, 1.165) is 5.57 Å². The number of rotatable bonds is 6. The molecule has 0 fully saturated rings. The van der Waals surface area contributed by atoms with Crippen LogP contribution in [0.4, 0.5) is 11.4 Å². The van der Waals surface area contributed by atoms with Crippen LogP contribution in [0.1, 0.15) is 27.7 Å². The maximum absolute atomic E-state index is 13.0. The molecular formula is C22H26N2O2. The summed E-state index contributed by atoms with van der Waals surface area (Å²) in [4.78, 5) is 25.9. The molecule has 136 valence electrons. The first kappa shape index (κ1) is 19.4. The Balaban J connectivity index is 2.40. The van der Waals surface area contributed by atoms with E-state index < -0.39 is 0 Å². The molecule has 0 radical (unpaired) electrons. The lowest BCUT2D eigenvalue weighted by Gasteiger charge is -2.21. The summed E-state index contributed by atoms with van der Waals surface area (Å²) in [7, 11) is 0. The maximum atomic E-state index is 13.0. The van der Waals surface area contributed by atoms with E-state index in [9.17, 15) is 9.59 Å². The first-order chi connectivity index (χ1) is 12.4. The molecular weight excluding hydrogens is 324 g/mol. The van der Waals surface area contributed by atoms with Gasteiger partial charge in [0, 0.05) is 11.4 Å². The molecule has 0 saturated heterocycles. The van der Waals surface area contributed by atoms with E-state index in [1.165, 1.54) is 0 Å². The highest BCUT2D eigenvalue weighted by Gasteiger charge is 2.26. The number of benzene rings is 2. The van der Waals surface area contributed by atoms with E-state index in [1.54, 1.807) is 24.3 Å². The topological polar surface area (TPSA) is 58.2 Å². The van der Waals surface area contributed by atoms with E-state index in [2.05, 4.69) is 10.6 Å². The van der Waals surface area contributed by atoms with Gasteiger partial charge in [-0.2, -0.15) is 0 Å². The van der Waals surface area contributed by atoms with Crippen LogP contribution in [0.3, 0.4) is 0 Å². The molecule has 2 N–H and O–H groups in total. The van der Waals surface area contributed by atoms with Gasteiger partial charge in [0.2, 0.25) is 0 Å². The fourth-order valence-electron chi connectivity index (χ4n) is 3.04. The molecule has 2 aromatic carbocycles. The minimum absolute atomic E-state index is 0.0769. The third-order valence-corrected chi connectivity index (χ3v) is 4.05. The molecule has 0 spiro atoms. The van der Waals surface area contributed by atoms with Crippen molar-refractivity contribution < 1.29 is 9.59 Å². The summed E-state index contributed by atoms with van der Waals surface area (Å²) in [5, 5.41) is 5.68. The summed E-state index contributed by atoms with van der Waals surface area (Å²) < 4.78 is 0. The Morgan fingerprint density at radius 2 is 1.00 bits per heavy atom. The fraction of sp³-hybridized carbons (Fsp3) is 0.273. The zero-order valence-corrected chi connectivity index (χ0v) is 15.7. The van der Waals surface area contributed by atoms with E-state index in [1.807, 2.05) is 64.1 Å². The number of amides is 2. The lowest BCUT2D eigenvalue weighted by molar-refractivity contribution is -0.118. The molecule has 2 aromatic rings. The highest BCUT2D eigenvalue weighted by atomic mass is 16.2. The van der Waals surface area contributed by atoms with Crippen molar-refractivity contribution in [1.82, 2.24) is 0 Å². The number of allylic oxidation sites excluding steroid dienone is 1. The lowest BCUT2D eigenvalue weighted by atomic mass is 9.87. The van der Waals surface area contributed by atoms with Crippen LogP contribution in [0.5, 0.6) is 0 Å². The molecule has 0 aliphatic rings. The van der Waals surface area contributed by atoms with Gasteiger partial charge in [-0.25, -0.2) is 0 Å². The molecule has 0 unspecified atom stereocenters. The quantitative estimate of drug-likeness (QED) is 0.443. The second-order valence-electron chi connectivity index (χ2n) is 6.78. The molecule has 0 heterocycles. The number of para-hydroxylation sites is 2. The normalized spacial score (nSPS) is 10.5. The smallest absolute Gasteiger partial charge is 0.261 e. The van der Waals surface area contributed by atoms with Crippen molar-refractivity contribution in [3.8, 4) is 0 Å². The SMILES string of the molecule is CC(C)C(=C(C(=O)Nc1ccccc1)C(=O)Nc1ccccc1)C(C)C. The van der Waals surface area contributed by atoms with Crippen LogP contribution in [-0.2, 0) is 9.59 Å². The van der Waals surface area contributed by atoms with Crippen molar-refractivity contribution in [3.05, 3.63) is 71.8 Å². The maximum Gasteiger partial charge on any atom is 0.261 e. The highest BCUT2D eigenvalue weighted by molar-refractivity contribution is 6.26. The molecule has 4 nitrogen and oxygen atoms in total. The molecule has 2 rings (SSSR count). The number of carbonyl (C=O) groups excluding carboxylic acids is 2. The van der Waals surface area contributed by atoms with Crippen LogP contribution in [0.15, 0.2) is 71.8 Å². The van der Waals surface area contributed by atoms with Crippen molar-refractivity contribution in [2.75, 3.05) is 10.6 Å². The van der Waals surface area contributed by atoms with Crippen LogP contribution < -0.4 is 10.6 Å². The second kappa shape index (κ2) is 8.99. The molecule has 0 aliphatic carbocycles. The van der Waals surface area contributed by atoms with E-state index in [0.29, 0.717) is 11.4 Å². The van der Waals surface area contributed by atoms with Gasteiger partial charge in [0.25, 0.3) is 11.8 Å². The zero-order valence-electron chi connectivity index (χ0n) is 15.7. The Bertz CT molecular complexity index is 713. The standard InChI is InChI=1S/C22H26N2O2/c1-15(2)19(16(3)4)20(21(25)23-17-11-7-5-8-12-17)22(26)24-18-13-9-6-10-14-18/h5-16H,1-4H3,(H,23,25)(H,24,26). The van der Waals surface area contributed by atoms with Crippen molar-refractivity contribution in [2.45, 2.75) is 27.7 Å². The summed E-state index contributed by atoms with van der Waals surface area (Å²) in [6.07, 6.45) is 0. The van der Waals surface area contributed by atoms with Gasteiger partial charge in [-0.3, -0.25) is 9.59 Å². The molecule has 4 heteroatoms. The minimum atomic E-state index is -0.387. The minimum Gasteiger partial charge on any atom is -0.322 e. The van der Waals surface area contributed by atoms with Crippen LogP contribution >= 0.6 is 0 Å². The monoisotopic (exact) mass is 350 g/mol. The highest BCUT2D eigenvalue weighted by Crippen LogP contribution is 2.26. The van der Waals surface area contributed by atoms with E-state index >= 15 is 0 Å². The predicted octanol–water partition coefficient (Wildman–Crippen LogP) is 4.87. The van der Waals surface area contributed by atoms with E-state index in [4.69, 9.17) is 0 Å². The first-order valence-corrected chi connectivity index (χ1v) is 8.87. The van der Waals surface area contributed by atoms with Gasteiger partial charge < -0.3 is 10.6 Å². The molecule has 0 aromatic heterocycles. The van der Waals surface area contributed by atoms with Gasteiger partial charge in [-0.05, 0) is 41.7 Å². The van der Waals surface area contributed by atoms with Crippen LogP contribution in [0, 0.1) is 11.8 Å². The first-order valence-electron chi connectivity index (χ1n) is 8.87. The van der Waals surface area contributed by atoms with Crippen molar-refractivity contribution in [1.29, 1.82) is 0 Å². The van der Waals surface area contributed by atoms with Crippen molar-refractivity contribution >= 4 is 23.2 Å². The Hall–Kier alpha value is -2.88. The van der Waals surface area contributed by atoms with Gasteiger partial charge >= 0.3 is 0 Å². The summed E-state index contributed by atoms with van der Waals surface area (Å²) in [5.74, 6) is -0.620. The average molecular weight is 350 g/mol. The zero-order chi connectivity index (χ0) is 19.1. The van der Waals surface area contributed by atoms with Gasteiger partial charge in [0.15, 0.2) is 0 Å². The fourth-order valence-corrected chi connectivity index (χ4v) is 3.04. The van der Waals surface area contributed by atoms with Crippen LogP contribution in [-0.4, -0.2) is 11.8 Å². The van der Waals surface area contributed by atoms with Gasteiger partial charge in [0.05, 0.1) is 0 Å². The summed E-state index contributed by atoms with van der Waals surface area (Å²) in [6.45, 7) is 8.00. The summed E-state index contributed by atoms with van der Waals surface area (Å²) >= 11 is 0. The molecule has 2 amide bonds. The Labute approximate surface area is 155 Å². The predicted molar refractivity (Wildman–Crippen MR) is 107 cm³/mol. The molecule has 0 atom stereocenters. The number of anilines is 2. The largest absolute Gasteiger partial charge is 0.322 e. The summed E-state index contributed by atoms with van der Waals surface area (Å²) in [5.41, 5.74) is 2.35. The van der Waals surface area contributed by atoms with Crippen LogP contribution in [0.25, 0.3) is 0 Å². The third kappa shape index (κ3) is 5.06. The van der Waals surface area contributed by atoms with Gasteiger partial charge in [0.1, 0.15) is 5.57 Å². The Morgan fingerprint density at radius 3 is 1.31 bits per heavy atom. The number of hydrogen-bond acceptors (Lipinski definition) is 2. The number of hydrogen-bond donors (Lipinski definition) is 2. The molecule has 0 saturated carbocycles. The average Bonchev–Trinajstić information content (AvgIpc) is 2.60. The summed E-state index contributed by atoms with van der Waals surface area (Å²) in [6, 6.07) is 18.3. The molecule has 0 aliphatic heterocycles. The van der Waals surface area contributed by atoms with Gasteiger partial charge in [-0.1, -0.05) is 64.1 Å². The van der Waals surface area contributed by atoms with Crippen molar-refractivity contribution in [3.63, 3.8) is 0 Å². The lowest BCUT2D eigenvalue weighted by Crippen LogP contribution is -2.29. The Morgan fingerprint density at radius 1 is 0.654 bits per heavy atom. The van der Waals surface area contributed by atoms with Gasteiger partial charge in [-0.15, -0.1) is 0 Å². The Kier molecular flexibility index (Phi) is 6.73. The third-order valence-electron chi connectivity index (χ3n) is 4.05. The molecule has 26 heavy (non-hydrogen) atoms. The van der Waals surface area contributed by atoms with Crippen molar-refractivity contribution in [2.24, 2.45) is 11.8 Å². The number of nitrogens with one attached hydrogen (secondary N) is 2.